The van der Waals surface area contributed by atoms with Crippen LogP contribution in [0.2, 0.25) is 0 Å². The molecule has 4 aliphatic rings. The van der Waals surface area contributed by atoms with E-state index >= 15 is 0 Å². The van der Waals surface area contributed by atoms with Gasteiger partial charge in [-0.2, -0.15) is 0 Å². The number of rotatable bonds is 3. The third kappa shape index (κ3) is 3.83. The second-order valence-electron chi connectivity index (χ2n) is 12.4. The molecular weight excluding hydrogens is 440 g/mol. The number of halogens is 1. The second kappa shape index (κ2) is 8.05. The van der Waals surface area contributed by atoms with Crippen LogP contribution in [0.1, 0.15) is 60.8 Å². The van der Waals surface area contributed by atoms with Crippen molar-refractivity contribution in [1.82, 2.24) is 0 Å². The average molecular weight is 477 g/mol. The molecule has 6 heteroatoms. The van der Waals surface area contributed by atoms with Crippen molar-refractivity contribution in [2.24, 2.45) is 45.8 Å². The number of aliphatic hydroxyl groups is 1. The molecule has 4 rings (SSSR count). The molecule has 0 saturated heterocycles. The summed E-state index contributed by atoms with van der Waals surface area (Å²) in [5, 5.41) is 11.3. The molecule has 4 aliphatic carbocycles. The van der Waals surface area contributed by atoms with Gasteiger partial charge in [-0.05, 0) is 75.4 Å². The highest BCUT2D eigenvalue weighted by atomic mass is 35.5. The highest BCUT2D eigenvalue weighted by molar-refractivity contribution is 6.21. The summed E-state index contributed by atoms with van der Waals surface area (Å²) in [6.07, 6.45) is 6.61. The van der Waals surface area contributed by atoms with E-state index in [0.717, 1.165) is 12.0 Å². The third-order valence-corrected chi connectivity index (χ3v) is 9.57. The summed E-state index contributed by atoms with van der Waals surface area (Å²) < 4.78 is 5.38. The minimum Gasteiger partial charge on any atom is -0.457 e. The number of ketones is 2. The Balaban J connectivity index is 1.63. The number of hydrogen-bond acceptors (Lipinski definition) is 5. The summed E-state index contributed by atoms with van der Waals surface area (Å²) in [5.74, 6) is -0.518. The number of carbonyl (C=O) groups is 3. The quantitative estimate of drug-likeness (QED) is 0.479. The number of Topliss-reactive ketones (excluding diaryl/α,β-unsaturated/α-hetero) is 1. The zero-order valence-corrected chi connectivity index (χ0v) is 21.3. The summed E-state index contributed by atoms with van der Waals surface area (Å²) in [7, 11) is 0. The van der Waals surface area contributed by atoms with Gasteiger partial charge in [0.1, 0.15) is 6.61 Å². The van der Waals surface area contributed by atoms with Crippen molar-refractivity contribution in [3.63, 3.8) is 0 Å². The Kier molecular flexibility index (Phi) is 6.01. The molecule has 0 spiro atoms. The smallest absolute Gasteiger partial charge is 0.311 e. The Labute approximate surface area is 202 Å². The van der Waals surface area contributed by atoms with Gasteiger partial charge in [-0.15, -0.1) is 11.6 Å². The number of esters is 1. The van der Waals surface area contributed by atoms with Crippen LogP contribution in [0.15, 0.2) is 23.8 Å². The minimum atomic E-state index is -0.661. The van der Waals surface area contributed by atoms with E-state index in [1.165, 1.54) is 0 Å². The summed E-state index contributed by atoms with van der Waals surface area (Å²) in [4.78, 5) is 37.6. The number of alkyl halides is 1. The molecule has 182 valence electrons. The fourth-order valence-corrected chi connectivity index (χ4v) is 8.24. The first-order chi connectivity index (χ1) is 15.2. The van der Waals surface area contributed by atoms with Crippen LogP contribution in [0.5, 0.6) is 0 Å². The van der Waals surface area contributed by atoms with Crippen LogP contribution in [0, 0.1) is 45.8 Å². The van der Waals surface area contributed by atoms with Crippen LogP contribution < -0.4 is 0 Å². The monoisotopic (exact) mass is 476 g/mol. The molecule has 5 nitrogen and oxygen atoms in total. The number of aliphatic hydroxyl groups excluding tert-OH is 1. The lowest BCUT2D eigenvalue weighted by atomic mass is 9.46. The number of ether oxygens (including phenoxy) is 1. The van der Waals surface area contributed by atoms with E-state index in [4.69, 9.17) is 16.3 Å². The van der Waals surface area contributed by atoms with E-state index < -0.39 is 22.3 Å². The Morgan fingerprint density at radius 3 is 2.58 bits per heavy atom. The predicted molar refractivity (Wildman–Crippen MR) is 126 cm³/mol. The Hall–Kier alpha value is -1.46. The van der Waals surface area contributed by atoms with Crippen LogP contribution in [0.3, 0.4) is 0 Å². The maximum absolute atomic E-state index is 13.4. The molecule has 1 N–H and O–H groups in total. The van der Waals surface area contributed by atoms with Gasteiger partial charge in [0, 0.05) is 22.6 Å². The maximum Gasteiger partial charge on any atom is 0.311 e. The lowest BCUT2D eigenvalue weighted by molar-refractivity contribution is -0.160. The van der Waals surface area contributed by atoms with Gasteiger partial charge in [-0.25, -0.2) is 0 Å². The van der Waals surface area contributed by atoms with Crippen LogP contribution in [-0.2, 0) is 19.1 Å². The van der Waals surface area contributed by atoms with Crippen molar-refractivity contribution in [1.29, 1.82) is 0 Å². The minimum absolute atomic E-state index is 0.0233. The van der Waals surface area contributed by atoms with E-state index in [1.54, 1.807) is 32.9 Å². The Morgan fingerprint density at radius 2 is 1.94 bits per heavy atom. The molecule has 0 aromatic rings. The Morgan fingerprint density at radius 1 is 1.27 bits per heavy atom. The van der Waals surface area contributed by atoms with Crippen molar-refractivity contribution >= 4 is 29.1 Å². The molecule has 0 bridgehead atoms. The predicted octanol–water partition coefficient (Wildman–Crippen LogP) is 4.50. The van der Waals surface area contributed by atoms with Crippen molar-refractivity contribution in [2.45, 2.75) is 72.3 Å². The molecule has 0 aromatic carbocycles. The fraction of sp³-hybridized carbons (Fsp3) is 0.741. The average Bonchev–Trinajstić information content (AvgIpc) is 2.95. The number of carbonyl (C=O) groups excluding carboxylic acids is 3. The molecule has 0 unspecified atom stereocenters. The number of hydrogen-bond donors (Lipinski definition) is 1. The van der Waals surface area contributed by atoms with Crippen LogP contribution >= 0.6 is 11.6 Å². The normalized spacial score (nSPS) is 44.4. The van der Waals surface area contributed by atoms with Gasteiger partial charge in [-0.3, -0.25) is 14.4 Å². The first-order valence-electron chi connectivity index (χ1n) is 12.2. The van der Waals surface area contributed by atoms with Crippen LogP contribution in [-0.4, -0.2) is 40.7 Å². The number of fused-ring (bicyclic) bond motifs is 5. The molecule has 0 aromatic heterocycles. The van der Waals surface area contributed by atoms with Crippen molar-refractivity contribution in [2.75, 3.05) is 6.61 Å². The molecule has 3 fully saturated rings. The molecule has 0 radical (unpaired) electrons. The molecule has 33 heavy (non-hydrogen) atoms. The van der Waals surface area contributed by atoms with Gasteiger partial charge in [0.15, 0.2) is 11.6 Å². The molecular formula is C27H37ClO5. The van der Waals surface area contributed by atoms with Crippen LogP contribution in [0.25, 0.3) is 0 Å². The largest absolute Gasteiger partial charge is 0.457 e. The van der Waals surface area contributed by atoms with Gasteiger partial charge in [-0.1, -0.05) is 32.4 Å². The maximum atomic E-state index is 13.4. The molecule has 0 amide bonds. The standard InChI is InChI=1S/C27H37ClO5/c1-14-9-17-21-18(28)11-15-10-16(29)7-8-26(15,5)23(21)19(30)12-27(17,6)22(14)20(31)13-33-24(32)25(2,3)4/h7-8,10,14,17-19,21-23,30H,9,11-13H2,1-6H3/t14-,17+,18-,19+,21-,22-,23+,26+,27+/m1/s1. The van der Waals surface area contributed by atoms with Crippen molar-refractivity contribution in [3.05, 3.63) is 23.8 Å². The molecule has 9 atom stereocenters. The topological polar surface area (TPSA) is 80.7 Å². The van der Waals surface area contributed by atoms with E-state index in [1.807, 2.05) is 6.08 Å². The summed E-state index contributed by atoms with van der Waals surface area (Å²) in [5.41, 5.74) is -0.472. The van der Waals surface area contributed by atoms with E-state index in [-0.39, 0.29) is 59.1 Å². The van der Waals surface area contributed by atoms with Crippen molar-refractivity contribution < 1.29 is 24.2 Å². The SMILES string of the molecule is C[C@@H]1C[C@H]2[C@H]3[C@H]([C@@H](O)C[C@]2(C)[C@H]1C(=O)COC(=O)C(C)(C)C)[C@@]1(C)C=CC(=O)C=C1C[C@H]3Cl. The zero-order valence-electron chi connectivity index (χ0n) is 20.6. The molecule has 0 heterocycles. The first-order valence-corrected chi connectivity index (χ1v) is 12.6. The summed E-state index contributed by atoms with van der Waals surface area (Å²) in [6, 6.07) is 0. The lowest BCUT2D eigenvalue weighted by Crippen LogP contribution is -2.59. The zero-order chi connectivity index (χ0) is 24.5. The number of allylic oxidation sites excluding steroid dienone is 4. The molecule has 3 saturated carbocycles. The first kappa shape index (κ1) is 24.7. The van der Waals surface area contributed by atoms with Gasteiger partial charge in [0.25, 0.3) is 0 Å². The fourth-order valence-electron chi connectivity index (χ4n) is 7.74. The highest BCUT2D eigenvalue weighted by Crippen LogP contribution is 2.67. The highest BCUT2D eigenvalue weighted by Gasteiger charge is 2.66. The van der Waals surface area contributed by atoms with Gasteiger partial charge >= 0.3 is 5.97 Å². The summed E-state index contributed by atoms with van der Waals surface area (Å²) >= 11 is 7.00. The van der Waals surface area contributed by atoms with Crippen molar-refractivity contribution in [3.8, 4) is 0 Å². The van der Waals surface area contributed by atoms with Gasteiger partial charge < -0.3 is 9.84 Å². The lowest BCUT2D eigenvalue weighted by Gasteiger charge is -2.60. The van der Waals surface area contributed by atoms with E-state index in [0.29, 0.717) is 12.8 Å². The summed E-state index contributed by atoms with van der Waals surface area (Å²) in [6.45, 7) is 11.4. The van der Waals surface area contributed by atoms with Gasteiger partial charge in [0.05, 0.1) is 11.5 Å². The van der Waals surface area contributed by atoms with E-state index in [9.17, 15) is 19.5 Å². The Bertz CT molecular complexity index is 929. The second-order valence-corrected chi connectivity index (χ2v) is 12.9. The van der Waals surface area contributed by atoms with E-state index in [2.05, 4.69) is 20.8 Å². The van der Waals surface area contributed by atoms with Crippen LogP contribution in [0.4, 0.5) is 0 Å². The molecule has 0 aliphatic heterocycles. The van der Waals surface area contributed by atoms with Gasteiger partial charge in [0.2, 0.25) is 0 Å². The third-order valence-electron chi connectivity index (χ3n) is 9.13.